The predicted molar refractivity (Wildman–Crippen MR) is 122 cm³/mol. The van der Waals surface area contributed by atoms with Crippen LogP contribution in [-0.2, 0) is 4.74 Å². The number of nitriles is 1. The van der Waals surface area contributed by atoms with Gasteiger partial charge in [-0.05, 0) is 26.7 Å². The van der Waals surface area contributed by atoms with E-state index in [-0.39, 0.29) is 37.2 Å². The zero-order chi connectivity index (χ0) is 26.7. The topological polar surface area (TPSA) is 126 Å². The average Bonchev–Trinajstić information content (AvgIpc) is 3.15. The van der Waals surface area contributed by atoms with Crippen molar-refractivity contribution in [3.8, 4) is 6.07 Å². The van der Waals surface area contributed by atoms with Gasteiger partial charge < -0.3 is 20.5 Å². The van der Waals surface area contributed by atoms with E-state index in [1.165, 1.54) is 17.1 Å². The Morgan fingerprint density at radius 1 is 1.47 bits per heavy atom. The highest BCUT2D eigenvalue weighted by Crippen LogP contribution is 2.47. The van der Waals surface area contributed by atoms with Crippen LogP contribution >= 0.6 is 11.6 Å². The van der Waals surface area contributed by atoms with Crippen LogP contribution in [0.25, 0.3) is 11.0 Å². The number of allylic oxidation sites excluding steroid dienone is 1. The quantitative estimate of drug-likeness (QED) is 0.639. The van der Waals surface area contributed by atoms with Crippen LogP contribution in [0.2, 0.25) is 0 Å². The molecule has 0 spiro atoms. The molecule has 5 atom stereocenters. The fourth-order valence-electron chi connectivity index (χ4n) is 4.44. The number of likely N-dealkylation sites (tertiary alicyclic amines) is 1. The van der Waals surface area contributed by atoms with E-state index in [1.54, 1.807) is 20.8 Å². The minimum absolute atomic E-state index is 0.0362. The van der Waals surface area contributed by atoms with E-state index in [0.717, 1.165) is 0 Å². The molecule has 9 nitrogen and oxygen atoms in total. The molecule has 0 saturated carbocycles. The predicted octanol–water partition coefficient (Wildman–Crippen LogP) is 2.12. The van der Waals surface area contributed by atoms with E-state index < -0.39 is 35.7 Å². The molecular weight excluding hydrogens is 430 g/mol. The number of nitrogens with zero attached hydrogens (tertiary/aromatic N) is 6. The lowest BCUT2D eigenvalue weighted by Gasteiger charge is -2.50. The lowest BCUT2D eigenvalue weighted by molar-refractivity contribution is -0.0841. The molecule has 0 amide bonds. The largest absolute Gasteiger partial charge is 0.395 e. The molecule has 0 radical (unpaired) electrons. The number of fused-ring (bicyclic) bond motifs is 1. The van der Waals surface area contributed by atoms with Crippen LogP contribution in [0.5, 0.6) is 0 Å². The number of aliphatic hydroxyl groups excluding tert-OH is 1. The van der Waals surface area contributed by atoms with Gasteiger partial charge >= 0.3 is 0 Å². The molecular formula is C22H30ClN7O2. The molecule has 10 heteroatoms. The highest BCUT2D eigenvalue weighted by Gasteiger charge is 2.49. The van der Waals surface area contributed by atoms with Gasteiger partial charge in [-0.25, -0.2) is 14.6 Å². The van der Waals surface area contributed by atoms with Gasteiger partial charge in [0.05, 0.1) is 44.5 Å². The molecule has 2 aromatic rings. The molecule has 32 heavy (non-hydrogen) atoms. The third-order valence-corrected chi connectivity index (χ3v) is 6.29. The van der Waals surface area contributed by atoms with Crippen molar-refractivity contribution in [2.24, 2.45) is 23.6 Å². The molecule has 3 N–H and O–H groups in total. The van der Waals surface area contributed by atoms with Crippen LogP contribution in [0, 0.1) is 41.9 Å². The van der Waals surface area contributed by atoms with E-state index in [9.17, 15) is 14.5 Å². The first-order valence-electron chi connectivity index (χ1n) is 12.6. The number of rotatable bonds is 7. The summed E-state index contributed by atoms with van der Waals surface area (Å²) in [6.07, 6.45) is 0.0510. The van der Waals surface area contributed by atoms with Crippen LogP contribution < -0.4 is 5.73 Å². The summed E-state index contributed by atoms with van der Waals surface area (Å²) in [4.78, 5) is 10.2. The molecule has 1 aliphatic heterocycles. The van der Waals surface area contributed by atoms with E-state index in [0.29, 0.717) is 23.3 Å². The fraction of sp³-hybridized carbons (Fsp3) is 0.636. The highest BCUT2D eigenvalue weighted by molar-refractivity contribution is 6.30. The van der Waals surface area contributed by atoms with Crippen molar-refractivity contribution < 1.29 is 15.3 Å². The first-order chi connectivity index (χ1) is 16.9. The Kier molecular flexibility index (Phi) is 5.30. The zero-order valence-corrected chi connectivity index (χ0v) is 19.1. The Labute approximate surface area is 198 Å². The van der Waals surface area contributed by atoms with Crippen molar-refractivity contribution in [2.45, 2.75) is 32.9 Å². The monoisotopic (exact) mass is 463 g/mol. The second-order valence-corrected chi connectivity index (χ2v) is 8.36. The van der Waals surface area contributed by atoms with Gasteiger partial charge in [0.2, 0.25) is 0 Å². The summed E-state index contributed by atoms with van der Waals surface area (Å²) in [6.45, 7) is 5.75. The third-order valence-electron chi connectivity index (χ3n) is 5.99. The molecule has 1 saturated heterocycles. The van der Waals surface area contributed by atoms with Crippen molar-refractivity contribution in [2.75, 3.05) is 38.6 Å². The van der Waals surface area contributed by atoms with Gasteiger partial charge in [0.15, 0.2) is 5.65 Å². The SMILES string of the molecule is [2H]C1(C#N)C(Cl)=CC([2H])(C(C)n2nc(C)c3c(N)ncnc32)C([2H])(OCC)C1([2H])C1CN(CCO)C1. The van der Waals surface area contributed by atoms with Gasteiger partial charge in [-0.15, -0.1) is 0 Å². The lowest BCUT2D eigenvalue weighted by atomic mass is 9.66. The second kappa shape index (κ2) is 9.32. The maximum atomic E-state index is 10.1. The van der Waals surface area contributed by atoms with Crippen LogP contribution in [0.3, 0.4) is 0 Å². The summed E-state index contributed by atoms with van der Waals surface area (Å²) >= 11 is 6.57. The number of ether oxygens (including phenoxy) is 1. The Morgan fingerprint density at radius 3 is 2.88 bits per heavy atom. The number of hydrogen-bond donors (Lipinski definition) is 2. The minimum atomic E-state index is -2.41. The summed E-state index contributed by atoms with van der Waals surface area (Å²) in [6, 6.07) is 0.886. The van der Waals surface area contributed by atoms with Gasteiger partial charge in [0, 0.05) is 45.8 Å². The van der Waals surface area contributed by atoms with Crippen LogP contribution in [0.4, 0.5) is 5.82 Å². The number of nitrogen functional groups attached to an aromatic ring is 1. The first kappa shape index (κ1) is 18.2. The normalized spacial score (nSPS) is 38.7. The summed E-state index contributed by atoms with van der Waals surface area (Å²) in [5.41, 5.74) is 6.92. The standard InChI is InChI=1S/C22H30ClN7O2/c1-4-32-20-15(13(3)30-22-18(12(2)28-30)21(25)26-11-27-22)7-17(23)16(8-24)19(20)14-9-29(10-14)5-6-31/h7,11,13-16,19-20,31H,4-6,9-10H2,1-3H3,(H2,25,26,27)/i15D,16D,19D,20D. The third kappa shape index (κ3) is 3.86. The van der Waals surface area contributed by atoms with Gasteiger partial charge in [-0.2, -0.15) is 10.4 Å². The molecule has 3 heterocycles. The Morgan fingerprint density at radius 2 is 2.22 bits per heavy atom. The Balaban J connectivity index is 1.94. The van der Waals surface area contributed by atoms with Crippen molar-refractivity contribution in [1.29, 1.82) is 5.26 Å². The number of nitrogens with two attached hydrogens (primary N) is 1. The number of aryl methyl sites for hydroxylation is 1. The summed E-state index contributed by atoms with van der Waals surface area (Å²) in [7, 11) is 0. The molecule has 1 aliphatic carbocycles. The average molecular weight is 464 g/mol. The lowest BCUT2D eigenvalue weighted by Crippen LogP contribution is -2.57. The number of hydrogen-bond acceptors (Lipinski definition) is 8. The maximum Gasteiger partial charge on any atom is 0.163 e. The summed E-state index contributed by atoms with van der Waals surface area (Å²) in [5, 5.41) is 24.1. The number of anilines is 1. The van der Waals surface area contributed by atoms with Gasteiger partial charge in [-0.1, -0.05) is 17.7 Å². The molecule has 0 aromatic carbocycles. The molecule has 1 fully saturated rings. The Hall–Kier alpha value is -2.25. The molecule has 2 aliphatic rings. The molecule has 0 bridgehead atoms. The van der Waals surface area contributed by atoms with Crippen molar-refractivity contribution in [3.05, 3.63) is 23.1 Å². The minimum Gasteiger partial charge on any atom is -0.395 e. The smallest absolute Gasteiger partial charge is 0.163 e. The van der Waals surface area contributed by atoms with Crippen molar-refractivity contribution >= 4 is 28.5 Å². The second-order valence-electron chi connectivity index (χ2n) is 7.95. The van der Waals surface area contributed by atoms with Gasteiger partial charge in [0.1, 0.15) is 12.1 Å². The Bertz CT molecular complexity index is 1250. The van der Waals surface area contributed by atoms with Gasteiger partial charge in [-0.3, -0.25) is 0 Å². The van der Waals surface area contributed by atoms with Crippen molar-refractivity contribution in [3.63, 3.8) is 0 Å². The van der Waals surface area contributed by atoms with Gasteiger partial charge in [0.25, 0.3) is 0 Å². The maximum absolute atomic E-state index is 10.1. The molecule has 4 rings (SSSR count). The summed E-state index contributed by atoms with van der Waals surface area (Å²) in [5.74, 6) is -7.16. The number of aliphatic hydroxyl groups is 1. The van der Waals surface area contributed by atoms with Crippen LogP contribution in [0.1, 0.15) is 31.1 Å². The number of β-amino-alcohol motifs (C(OH)–C–C–N with tert-alkyl or cyclic N) is 1. The summed E-state index contributed by atoms with van der Waals surface area (Å²) < 4.78 is 45.3. The molecule has 172 valence electrons. The van der Waals surface area contributed by atoms with Crippen molar-refractivity contribution in [1.82, 2.24) is 24.6 Å². The molecule has 2 aromatic heterocycles. The van der Waals surface area contributed by atoms with E-state index in [4.69, 9.17) is 23.4 Å². The first-order valence-corrected chi connectivity index (χ1v) is 11.0. The molecule has 5 unspecified atom stereocenters. The highest BCUT2D eigenvalue weighted by atomic mass is 35.5. The zero-order valence-electron chi connectivity index (χ0n) is 22.3. The van der Waals surface area contributed by atoms with E-state index >= 15 is 0 Å². The fourth-order valence-corrected chi connectivity index (χ4v) is 4.70. The van der Waals surface area contributed by atoms with Crippen LogP contribution in [0.15, 0.2) is 17.4 Å². The number of aromatic nitrogens is 4. The van der Waals surface area contributed by atoms with E-state index in [2.05, 4.69) is 15.1 Å². The van der Waals surface area contributed by atoms with Crippen LogP contribution in [-0.4, -0.2) is 68.7 Å². The number of halogens is 1. The van der Waals surface area contributed by atoms with E-state index in [1.807, 2.05) is 11.0 Å².